The molecule has 0 spiro atoms. The molecule has 0 radical (unpaired) electrons. The Morgan fingerprint density at radius 3 is 2.58 bits per heavy atom. The van der Waals surface area contributed by atoms with Crippen LogP contribution in [0.4, 0.5) is 0 Å². The molecule has 0 bridgehead atoms. The molecule has 1 aromatic rings. The number of aliphatic hydroxyl groups is 1. The average Bonchev–Trinajstić information content (AvgIpc) is 2.30. The van der Waals surface area contributed by atoms with E-state index in [1.54, 1.807) is 13.0 Å². The highest BCUT2D eigenvalue weighted by Gasteiger charge is 2.32. The summed E-state index contributed by atoms with van der Waals surface area (Å²) in [7, 11) is -3.99. The first kappa shape index (κ1) is 15.9. The summed E-state index contributed by atoms with van der Waals surface area (Å²) < 4.78 is 26.0. The van der Waals surface area contributed by atoms with Gasteiger partial charge in [0.2, 0.25) is 10.0 Å². The minimum atomic E-state index is -3.99. The summed E-state index contributed by atoms with van der Waals surface area (Å²) in [6.07, 6.45) is 0. The molecule has 1 rings (SSSR count). The highest BCUT2D eigenvalue weighted by molar-refractivity contribution is 7.89. The maximum atomic E-state index is 12.0. The number of nitrogens with one attached hydrogen (secondary N) is 1. The topological polar surface area (TPSA) is 104 Å². The fourth-order valence-corrected chi connectivity index (χ4v) is 2.92. The van der Waals surface area contributed by atoms with Gasteiger partial charge in [0, 0.05) is 0 Å². The van der Waals surface area contributed by atoms with Crippen LogP contribution in [0.5, 0.6) is 0 Å². The summed E-state index contributed by atoms with van der Waals surface area (Å²) >= 11 is 5.80. The first-order valence-electron chi connectivity index (χ1n) is 5.28. The lowest BCUT2D eigenvalue weighted by Gasteiger charge is -2.18. The van der Waals surface area contributed by atoms with E-state index in [1.807, 2.05) is 4.72 Å². The van der Waals surface area contributed by atoms with Crippen LogP contribution >= 0.6 is 11.6 Å². The lowest BCUT2D eigenvalue weighted by atomic mass is 10.1. The predicted octanol–water partition coefficient (Wildman–Crippen LogP) is 0.762. The van der Waals surface area contributed by atoms with Crippen LogP contribution in [-0.4, -0.2) is 36.7 Å². The van der Waals surface area contributed by atoms with Crippen LogP contribution in [0.3, 0.4) is 0 Å². The monoisotopic (exact) mass is 307 g/mol. The summed E-state index contributed by atoms with van der Waals surface area (Å²) in [5.41, 5.74) is -1.50. The van der Waals surface area contributed by atoms with Crippen LogP contribution in [-0.2, 0) is 14.8 Å². The zero-order valence-corrected chi connectivity index (χ0v) is 11.9. The summed E-state index contributed by atoms with van der Waals surface area (Å²) in [5.74, 6) is -1.52. The summed E-state index contributed by atoms with van der Waals surface area (Å²) in [5, 5.41) is 18.2. The molecule has 0 amide bonds. The van der Waals surface area contributed by atoms with Crippen molar-refractivity contribution in [2.45, 2.75) is 24.3 Å². The summed E-state index contributed by atoms with van der Waals surface area (Å²) in [4.78, 5) is 10.5. The first-order chi connectivity index (χ1) is 8.56. The van der Waals surface area contributed by atoms with Crippen LogP contribution in [0, 0.1) is 6.92 Å². The Bertz CT molecular complexity index is 597. The number of aryl methyl sites for hydroxylation is 1. The molecule has 0 saturated heterocycles. The Labute approximate surface area is 116 Å². The van der Waals surface area contributed by atoms with Crippen LogP contribution in [0.2, 0.25) is 5.02 Å². The number of hydrogen-bond donors (Lipinski definition) is 3. The number of aliphatic carboxylic acids is 1. The third kappa shape index (κ3) is 3.90. The van der Waals surface area contributed by atoms with Crippen LogP contribution in [0.15, 0.2) is 23.1 Å². The molecule has 3 N–H and O–H groups in total. The van der Waals surface area contributed by atoms with Crippen molar-refractivity contribution >= 4 is 27.6 Å². The molecule has 0 aliphatic heterocycles. The molecule has 0 saturated carbocycles. The maximum Gasteiger partial charge on any atom is 0.336 e. The molecule has 1 unspecified atom stereocenters. The first-order valence-corrected chi connectivity index (χ1v) is 7.14. The quantitative estimate of drug-likeness (QED) is 0.745. The number of carbonyl (C=O) groups is 1. The Morgan fingerprint density at radius 1 is 1.47 bits per heavy atom. The largest absolute Gasteiger partial charge is 0.479 e. The Hall–Kier alpha value is -1.15. The van der Waals surface area contributed by atoms with Gasteiger partial charge in [-0.15, -0.1) is 0 Å². The van der Waals surface area contributed by atoms with E-state index < -0.39 is 28.1 Å². The van der Waals surface area contributed by atoms with Gasteiger partial charge in [0.1, 0.15) is 4.90 Å². The number of carboxylic acid groups (broad SMARTS) is 1. The Kier molecular flexibility index (Phi) is 4.57. The van der Waals surface area contributed by atoms with E-state index in [-0.39, 0.29) is 9.92 Å². The second kappa shape index (κ2) is 5.46. The van der Waals surface area contributed by atoms with E-state index in [4.69, 9.17) is 16.7 Å². The lowest BCUT2D eigenvalue weighted by molar-refractivity contribution is -0.155. The molecular weight excluding hydrogens is 294 g/mol. The molecule has 6 nitrogen and oxygen atoms in total. The van der Waals surface area contributed by atoms with E-state index in [2.05, 4.69) is 0 Å². The van der Waals surface area contributed by atoms with Crippen molar-refractivity contribution in [2.24, 2.45) is 0 Å². The van der Waals surface area contributed by atoms with Crippen molar-refractivity contribution in [3.8, 4) is 0 Å². The number of hydrogen-bond acceptors (Lipinski definition) is 4. The predicted molar refractivity (Wildman–Crippen MR) is 69.6 cm³/mol. The van der Waals surface area contributed by atoms with Gasteiger partial charge in [-0.3, -0.25) is 0 Å². The van der Waals surface area contributed by atoms with Gasteiger partial charge in [0.05, 0.1) is 11.6 Å². The van der Waals surface area contributed by atoms with Gasteiger partial charge in [0.25, 0.3) is 0 Å². The highest BCUT2D eigenvalue weighted by atomic mass is 35.5. The van der Waals surface area contributed by atoms with Gasteiger partial charge in [0.15, 0.2) is 5.60 Å². The molecule has 8 heteroatoms. The van der Waals surface area contributed by atoms with Crippen molar-refractivity contribution in [1.82, 2.24) is 4.72 Å². The summed E-state index contributed by atoms with van der Waals surface area (Å²) in [6, 6.07) is 4.44. The third-order valence-electron chi connectivity index (χ3n) is 2.44. The molecule has 0 aliphatic carbocycles. The molecule has 0 heterocycles. The van der Waals surface area contributed by atoms with Crippen molar-refractivity contribution in [3.63, 3.8) is 0 Å². The van der Waals surface area contributed by atoms with Gasteiger partial charge in [-0.05, 0) is 31.5 Å². The molecule has 19 heavy (non-hydrogen) atoms. The van der Waals surface area contributed by atoms with Crippen LogP contribution < -0.4 is 4.72 Å². The molecule has 106 valence electrons. The molecule has 1 aromatic carbocycles. The van der Waals surface area contributed by atoms with Gasteiger partial charge in [-0.1, -0.05) is 17.7 Å². The van der Waals surface area contributed by atoms with Crippen molar-refractivity contribution in [1.29, 1.82) is 0 Å². The van der Waals surface area contributed by atoms with E-state index in [0.29, 0.717) is 5.56 Å². The minimum absolute atomic E-state index is 0.0214. The fraction of sp³-hybridized carbons (Fsp3) is 0.364. The SMILES string of the molecule is Cc1ccc(Cl)c(S(=O)(=O)NCC(C)(O)C(=O)O)c1. The lowest BCUT2D eigenvalue weighted by Crippen LogP contribution is -2.46. The van der Waals surface area contributed by atoms with Crippen LogP contribution in [0.25, 0.3) is 0 Å². The number of benzene rings is 1. The van der Waals surface area contributed by atoms with Gasteiger partial charge in [-0.25, -0.2) is 17.9 Å². The average molecular weight is 308 g/mol. The molecule has 1 atom stereocenters. The summed E-state index contributed by atoms with van der Waals surface area (Å²) in [6.45, 7) is 2.04. The second-order valence-corrected chi connectivity index (χ2v) is 6.48. The number of halogens is 1. The zero-order chi connectivity index (χ0) is 14.8. The van der Waals surface area contributed by atoms with E-state index in [1.165, 1.54) is 12.1 Å². The van der Waals surface area contributed by atoms with E-state index in [9.17, 15) is 18.3 Å². The van der Waals surface area contributed by atoms with Gasteiger partial charge in [-0.2, -0.15) is 0 Å². The van der Waals surface area contributed by atoms with Gasteiger partial charge < -0.3 is 10.2 Å². The van der Waals surface area contributed by atoms with Crippen molar-refractivity contribution < 1.29 is 23.4 Å². The number of carboxylic acids is 1. The Balaban J connectivity index is 3.00. The smallest absolute Gasteiger partial charge is 0.336 e. The fourth-order valence-electron chi connectivity index (χ4n) is 1.21. The maximum absolute atomic E-state index is 12.0. The molecule has 0 aliphatic rings. The second-order valence-electron chi connectivity index (χ2n) is 4.34. The van der Waals surface area contributed by atoms with E-state index in [0.717, 1.165) is 6.92 Å². The molecule has 0 fully saturated rings. The number of sulfonamides is 1. The minimum Gasteiger partial charge on any atom is -0.479 e. The standard InChI is InChI=1S/C11H14ClNO5S/c1-7-3-4-8(12)9(5-7)19(17,18)13-6-11(2,16)10(14)15/h3-5,13,16H,6H2,1-2H3,(H,14,15). The zero-order valence-electron chi connectivity index (χ0n) is 10.3. The molecule has 0 aromatic heterocycles. The number of rotatable bonds is 5. The third-order valence-corrected chi connectivity index (χ3v) is 4.33. The van der Waals surface area contributed by atoms with Crippen LogP contribution in [0.1, 0.15) is 12.5 Å². The van der Waals surface area contributed by atoms with Crippen molar-refractivity contribution in [2.75, 3.05) is 6.54 Å². The highest BCUT2D eigenvalue weighted by Crippen LogP contribution is 2.22. The van der Waals surface area contributed by atoms with Crippen molar-refractivity contribution in [3.05, 3.63) is 28.8 Å². The van der Waals surface area contributed by atoms with Gasteiger partial charge >= 0.3 is 5.97 Å². The van der Waals surface area contributed by atoms with E-state index >= 15 is 0 Å². The Morgan fingerprint density at radius 2 is 2.05 bits per heavy atom. The normalized spacial score (nSPS) is 14.9. The molecular formula is C11H14ClNO5S.